The predicted octanol–water partition coefficient (Wildman–Crippen LogP) is 3.87. The number of hydrogen-bond acceptors (Lipinski definition) is 4. The third-order valence-electron chi connectivity index (χ3n) is 5.03. The highest BCUT2D eigenvalue weighted by molar-refractivity contribution is 5.83. The van der Waals surface area contributed by atoms with Crippen LogP contribution in [0.3, 0.4) is 0 Å². The van der Waals surface area contributed by atoms with E-state index in [0.29, 0.717) is 23.7 Å². The normalized spacial score (nSPS) is 34.4. The van der Waals surface area contributed by atoms with E-state index >= 15 is 0 Å². The molecule has 0 N–H and O–H groups in total. The standard InChI is InChI=1S/C18H30O4/c1-13-9-17(3,4)12-18(10-13)11-15(7-8-21-18)5-6-16(20)22-14(2)19/h13,15H,5-12H2,1-4H3. The van der Waals surface area contributed by atoms with Crippen LogP contribution in [0, 0.1) is 17.3 Å². The minimum absolute atomic E-state index is 0.00539. The van der Waals surface area contributed by atoms with E-state index < -0.39 is 11.9 Å². The lowest BCUT2D eigenvalue weighted by Crippen LogP contribution is -2.48. The van der Waals surface area contributed by atoms with Gasteiger partial charge in [-0.25, -0.2) is 0 Å². The fourth-order valence-corrected chi connectivity index (χ4v) is 4.84. The van der Waals surface area contributed by atoms with Crippen molar-refractivity contribution < 1.29 is 19.1 Å². The second-order valence-electron chi connectivity index (χ2n) is 8.25. The minimum atomic E-state index is -0.517. The lowest BCUT2D eigenvalue weighted by Gasteiger charge is -2.51. The Morgan fingerprint density at radius 1 is 1.23 bits per heavy atom. The van der Waals surface area contributed by atoms with E-state index in [1.165, 1.54) is 13.3 Å². The first-order valence-electron chi connectivity index (χ1n) is 8.55. The number of carbonyl (C=O) groups excluding carboxylic acids is 2. The van der Waals surface area contributed by atoms with Gasteiger partial charge in [0.05, 0.1) is 5.60 Å². The molecule has 0 amide bonds. The Morgan fingerprint density at radius 2 is 1.95 bits per heavy atom. The molecule has 0 radical (unpaired) electrons. The number of ether oxygens (including phenoxy) is 2. The summed E-state index contributed by atoms with van der Waals surface area (Å²) in [5.41, 5.74) is 0.321. The quantitative estimate of drug-likeness (QED) is 0.586. The molecule has 0 aromatic rings. The summed E-state index contributed by atoms with van der Waals surface area (Å²) in [6, 6.07) is 0. The maximum Gasteiger partial charge on any atom is 0.313 e. The molecular weight excluding hydrogens is 280 g/mol. The van der Waals surface area contributed by atoms with Gasteiger partial charge in [0.25, 0.3) is 0 Å². The Bertz CT molecular complexity index is 429. The number of carbonyl (C=O) groups is 2. The van der Waals surface area contributed by atoms with Crippen LogP contribution in [0.15, 0.2) is 0 Å². The third-order valence-corrected chi connectivity index (χ3v) is 5.03. The average molecular weight is 310 g/mol. The summed E-state index contributed by atoms with van der Waals surface area (Å²) in [4.78, 5) is 22.3. The van der Waals surface area contributed by atoms with Crippen LogP contribution in [0.1, 0.15) is 72.6 Å². The van der Waals surface area contributed by atoms with Crippen molar-refractivity contribution in [3.63, 3.8) is 0 Å². The minimum Gasteiger partial charge on any atom is -0.393 e. The number of hydrogen-bond donors (Lipinski definition) is 0. The van der Waals surface area contributed by atoms with Crippen molar-refractivity contribution in [1.29, 1.82) is 0 Å². The first kappa shape index (κ1) is 17.5. The topological polar surface area (TPSA) is 52.6 Å². The van der Waals surface area contributed by atoms with Crippen LogP contribution in [0.2, 0.25) is 0 Å². The van der Waals surface area contributed by atoms with Gasteiger partial charge in [0.2, 0.25) is 0 Å². The largest absolute Gasteiger partial charge is 0.393 e. The summed E-state index contributed by atoms with van der Waals surface area (Å²) in [6.07, 6.45) is 6.67. The average Bonchev–Trinajstić information content (AvgIpc) is 2.32. The lowest BCUT2D eigenvalue weighted by atomic mass is 9.62. The van der Waals surface area contributed by atoms with Gasteiger partial charge in [-0.15, -0.1) is 0 Å². The van der Waals surface area contributed by atoms with E-state index in [-0.39, 0.29) is 5.60 Å². The van der Waals surface area contributed by atoms with Gasteiger partial charge in [0, 0.05) is 20.0 Å². The maximum atomic E-state index is 11.5. The predicted molar refractivity (Wildman–Crippen MR) is 84.2 cm³/mol. The highest BCUT2D eigenvalue weighted by atomic mass is 16.6. The highest BCUT2D eigenvalue weighted by Crippen LogP contribution is 2.50. The molecule has 0 aromatic heterocycles. The van der Waals surface area contributed by atoms with Gasteiger partial charge < -0.3 is 9.47 Å². The molecule has 126 valence electrons. The molecule has 2 fully saturated rings. The molecule has 22 heavy (non-hydrogen) atoms. The van der Waals surface area contributed by atoms with Crippen molar-refractivity contribution in [2.24, 2.45) is 17.3 Å². The molecule has 4 nitrogen and oxygen atoms in total. The molecule has 1 saturated carbocycles. The van der Waals surface area contributed by atoms with E-state index in [2.05, 4.69) is 25.5 Å². The van der Waals surface area contributed by atoms with Gasteiger partial charge in [-0.05, 0) is 55.8 Å². The SMILES string of the molecule is CC(=O)OC(=O)CCC1CCOC2(CC(C)CC(C)(C)C2)C1. The Kier molecular flexibility index (Phi) is 5.31. The van der Waals surface area contributed by atoms with Gasteiger partial charge in [0.1, 0.15) is 0 Å². The summed E-state index contributed by atoms with van der Waals surface area (Å²) < 4.78 is 10.9. The molecule has 0 aromatic carbocycles. The van der Waals surface area contributed by atoms with Crippen molar-refractivity contribution >= 4 is 11.9 Å². The van der Waals surface area contributed by atoms with Crippen molar-refractivity contribution in [3.05, 3.63) is 0 Å². The van der Waals surface area contributed by atoms with Crippen LogP contribution in [0.5, 0.6) is 0 Å². The molecule has 1 aliphatic carbocycles. The lowest BCUT2D eigenvalue weighted by molar-refractivity contribution is -0.161. The van der Waals surface area contributed by atoms with E-state index in [0.717, 1.165) is 38.7 Å². The van der Waals surface area contributed by atoms with Gasteiger partial charge in [-0.2, -0.15) is 0 Å². The molecule has 1 saturated heterocycles. The molecular formula is C18H30O4. The zero-order chi connectivity index (χ0) is 16.4. The summed E-state index contributed by atoms with van der Waals surface area (Å²) in [7, 11) is 0. The fourth-order valence-electron chi connectivity index (χ4n) is 4.84. The zero-order valence-corrected chi connectivity index (χ0v) is 14.4. The number of esters is 2. The van der Waals surface area contributed by atoms with Crippen molar-refractivity contribution in [2.75, 3.05) is 6.61 Å². The molecule has 3 atom stereocenters. The van der Waals surface area contributed by atoms with Crippen LogP contribution in [0.4, 0.5) is 0 Å². The molecule has 1 heterocycles. The van der Waals surface area contributed by atoms with E-state index in [1.54, 1.807) is 0 Å². The second-order valence-corrected chi connectivity index (χ2v) is 8.25. The fraction of sp³-hybridized carbons (Fsp3) is 0.889. The molecule has 3 unspecified atom stereocenters. The first-order chi connectivity index (χ1) is 10.2. The summed E-state index contributed by atoms with van der Waals surface area (Å²) in [5.74, 6) is 0.265. The van der Waals surface area contributed by atoms with Crippen molar-refractivity contribution in [1.82, 2.24) is 0 Å². The van der Waals surface area contributed by atoms with Gasteiger partial charge >= 0.3 is 11.9 Å². The molecule has 0 bridgehead atoms. The summed E-state index contributed by atoms with van der Waals surface area (Å²) in [5, 5.41) is 0. The monoisotopic (exact) mass is 310 g/mol. The molecule has 4 heteroatoms. The Hall–Kier alpha value is -0.900. The van der Waals surface area contributed by atoms with Crippen molar-refractivity contribution in [3.8, 4) is 0 Å². The summed E-state index contributed by atoms with van der Waals surface area (Å²) >= 11 is 0. The van der Waals surface area contributed by atoms with E-state index in [1.807, 2.05) is 0 Å². The molecule has 2 aliphatic rings. The van der Waals surface area contributed by atoms with Gasteiger partial charge in [0.15, 0.2) is 0 Å². The summed E-state index contributed by atoms with van der Waals surface area (Å²) in [6.45, 7) is 9.05. The Labute approximate surface area is 133 Å². The van der Waals surface area contributed by atoms with Crippen LogP contribution >= 0.6 is 0 Å². The van der Waals surface area contributed by atoms with E-state index in [9.17, 15) is 9.59 Å². The number of rotatable bonds is 3. The third kappa shape index (κ3) is 4.80. The Morgan fingerprint density at radius 3 is 2.59 bits per heavy atom. The van der Waals surface area contributed by atoms with Crippen molar-refractivity contribution in [2.45, 2.75) is 78.2 Å². The van der Waals surface area contributed by atoms with Gasteiger partial charge in [-0.3, -0.25) is 9.59 Å². The second kappa shape index (κ2) is 6.69. The first-order valence-corrected chi connectivity index (χ1v) is 8.55. The van der Waals surface area contributed by atoms with Crippen LogP contribution < -0.4 is 0 Å². The van der Waals surface area contributed by atoms with Crippen LogP contribution in [0.25, 0.3) is 0 Å². The Balaban J connectivity index is 1.91. The van der Waals surface area contributed by atoms with Gasteiger partial charge in [-0.1, -0.05) is 20.8 Å². The smallest absolute Gasteiger partial charge is 0.313 e. The molecule has 1 spiro atoms. The zero-order valence-electron chi connectivity index (χ0n) is 14.4. The molecule has 1 aliphatic heterocycles. The molecule has 2 rings (SSSR count). The maximum absolute atomic E-state index is 11.5. The van der Waals surface area contributed by atoms with Crippen LogP contribution in [-0.2, 0) is 19.1 Å². The van der Waals surface area contributed by atoms with Crippen LogP contribution in [-0.4, -0.2) is 24.1 Å². The van der Waals surface area contributed by atoms with E-state index in [4.69, 9.17) is 4.74 Å². The highest BCUT2D eigenvalue weighted by Gasteiger charge is 2.46.